The molecule has 1 aromatic carbocycles. The molecule has 3 heterocycles. The van der Waals surface area contributed by atoms with Crippen molar-refractivity contribution in [3.8, 4) is 0 Å². The van der Waals surface area contributed by atoms with Crippen molar-refractivity contribution in [1.29, 1.82) is 0 Å². The highest BCUT2D eigenvalue weighted by Crippen LogP contribution is 2.35. The Balaban J connectivity index is 1.47. The lowest BCUT2D eigenvalue weighted by Gasteiger charge is -2.38. The Kier molecular flexibility index (Phi) is 4.60. The van der Waals surface area contributed by atoms with E-state index in [1.54, 1.807) is 0 Å². The molecule has 0 aliphatic carbocycles. The van der Waals surface area contributed by atoms with E-state index in [4.69, 9.17) is 0 Å². The van der Waals surface area contributed by atoms with E-state index < -0.39 is 27.7 Å². The number of hydrogen-bond acceptors (Lipinski definition) is 7. The van der Waals surface area contributed by atoms with Crippen LogP contribution < -0.4 is 4.90 Å². The Hall–Kier alpha value is -1.43. The zero-order chi connectivity index (χ0) is 19.4. The van der Waals surface area contributed by atoms with E-state index in [1.807, 2.05) is 9.80 Å². The molecule has 2 aliphatic heterocycles. The minimum absolute atomic E-state index is 0.0322. The van der Waals surface area contributed by atoms with Gasteiger partial charge in [0, 0.05) is 26.2 Å². The molecule has 1 aromatic heterocycles. The number of fused-ring (bicyclic) bond motifs is 1. The van der Waals surface area contributed by atoms with E-state index in [-0.39, 0.29) is 17.5 Å². The van der Waals surface area contributed by atoms with E-state index in [0.29, 0.717) is 41.5 Å². The maximum atomic E-state index is 12.9. The van der Waals surface area contributed by atoms with E-state index >= 15 is 0 Å². The zero-order valence-corrected chi connectivity index (χ0v) is 15.8. The molecule has 2 saturated heterocycles. The summed E-state index contributed by atoms with van der Waals surface area (Å²) in [7, 11) is -3.20. The summed E-state index contributed by atoms with van der Waals surface area (Å²) in [6.07, 6.45) is -5.27. The summed E-state index contributed by atoms with van der Waals surface area (Å²) >= 11 is 1.34. The third kappa shape index (κ3) is 3.78. The van der Waals surface area contributed by atoms with Crippen LogP contribution in [-0.2, 0) is 16.0 Å². The van der Waals surface area contributed by atoms with Crippen LogP contribution in [0.25, 0.3) is 10.2 Å². The minimum atomic E-state index is -4.40. The summed E-state index contributed by atoms with van der Waals surface area (Å²) in [5, 5.41) is 10.7. The predicted molar refractivity (Wildman–Crippen MR) is 96.9 cm³/mol. The van der Waals surface area contributed by atoms with Crippen molar-refractivity contribution in [3.05, 3.63) is 23.8 Å². The second kappa shape index (κ2) is 6.57. The van der Waals surface area contributed by atoms with Gasteiger partial charge in [-0.3, -0.25) is 4.90 Å². The Morgan fingerprint density at radius 3 is 2.44 bits per heavy atom. The monoisotopic (exact) mass is 421 g/mol. The van der Waals surface area contributed by atoms with E-state index in [9.17, 15) is 26.7 Å². The molecule has 2 aliphatic rings. The zero-order valence-electron chi connectivity index (χ0n) is 14.2. The van der Waals surface area contributed by atoms with Crippen molar-refractivity contribution in [2.45, 2.75) is 18.3 Å². The van der Waals surface area contributed by atoms with Crippen LogP contribution in [-0.4, -0.2) is 73.2 Å². The standard InChI is InChI=1S/C16H18F3N3O3S2/c17-16(18,19)10-1-2-14-11(7-10)20-15(26-14)22-5-3-21(4-6-22)12-8-27(24,25)9-13(12)23/h1-2,7,12-13,23H,3-6,8-9H2. The van der Waals surface area contributed by atoms with Crippen LogP contribution in [0.1, 0.15) is 5.56 Å². The molecule has 2 unspecified atom stereocenters. The Morgan fingerprint density at radius 1 is 1.15 bits per heavy atom. The Labute approximate surface area is 158 Å². The van der Waals surface area contributed by atoms with Gasteiger partial charge >= 0.3 is 6.18 Å². The molecule has 2 aromatic rings. The number of hydrogen-bond donors (Lipinski definition) is 1. The number of anilines is 1. The first-order valence-electron chi connectivity index (χ1n) is 8.48. The Morgan fingerprint density at radius 2 is 1.85 bits per heavy atom. The maximum absolute atomic E-state index is 12.9. The molecule has 1 N–H and O–H groups in total. The Bertz CT molecular complexity index is 953. The maximum Gasteiger partial charge on any atom is 0.416 e. The number of aromatic nitrogens is 1. The third-order valence-electron chi connectivity index (χ3n) is 5.05. The predicted octanol–water partition coefficient (Wildman–Crippen LogP) is 1.60. The quantitative estimate of drug-likeness (QED) is 0.794. The van der Waals surface area contributed by atoms with Gasteiger partial charge < -0.3 is 10.0 Å². The van der Waals surface area contributed by atoms with E-state index in [2.05, 4.69) is 4.98 Å². The molecule has 148 valence electrons. The van der Waals surface area contributed by atoms with Crippen molar-refractivity contribution in [3.63, 3.8) is 0 Å². The van der Waals surface area contributed by atoms with Gasteiger partial charge in [0.05, 0.1) is 39.4 Å². The van der Waals surface area contributed by atoms with Gasteiger partial charge in [-0.05, 0) is 18.2 Å². The average Bonchev–Trinajstić information content (AvgIpc) is 3.13. The van der Waals surface area contributed by atoms with Gasteiger partial charge in [0.2, 0.25) is 0 Å². The highest BCUT2D eigenvalue weighted by Gasteiger charge is 2.41. The summed E-state index contributed by atoms with van der Waals surface area (Å²) in [5.41, 5.74) is -0.391. The van der Waals surface area contributed by atoms with Crippen LogP contribution in [0.3, 0.4) is 0 Å². The lowest BCUT2D eigenvalue weighted by molar-refractivity contribution is -0.137. The molecule has 6 nitrogen and oxygen atoms in total. The summed E-state index contributed by atoms with van der Waals surface area (Å²) in [4.78, 5) is 8.32. The van der Waals surface area contributed by atoms with Crippen molar-refractivity contribution in [1.82, 2.24) is 9.88 Å². The van der Waals surface area contributed by atoms with Crippen molar-refractivity contribution in [2.75, 3.05) is 42.6 Å². The van der Waals surface area contributed by atoms with Gasteiger partial charge in [0.1, 0.15) is 0 Å². The molecule has 0 saturated carbocycles. The number of rotatable bonds is 2. The van der Waals surface area contributed by atoms with Gasteiger partial charge in [0.15, 0.2) is 15.0 Å². The van der Waals surface area contributed by atoms with Crippen LogP contribution in [0, 0.1) is 0 Å². The second-order valence-corrected chi connectivity index (χ2v) is 10.1. The number of benzene rings is 1. The van der Waals surface area contributed by atoms with Crippen LogP contribution in [0.4, 0.5) is 18.3 Å². The summed E-state index contributed by atoms with van der Waals surface area (Å²) < 4.78 is 62.6. The number of aliphatic hydroxyl groups excluding tert-OH is 1. The number of halogens is 3. The van der Waals surface area contributed by atoms with Gasteiger partial charge in [-0.25, -0.2) is 13.4 Å². The number of piperazine rings is 1. The molecule has 4 rings (SSSR count). The molecule has 2 fully saturated rings. The van der Waals surface area contributed by atoms with Crippen molar-refractivity contribution in [2.24, 2.45) is 0 Å². The van der Waals surface area contributed by atoms with E-state index in [0.717, 1.165) is 12.1 Å². The number of thiazole rings is 1. The minimum Gasteiger partial charge on any atom is -0.390 e. The highest BCUT2D eigenvalue weighted by atomic mass is 32.2. The van der Waals surface area contributed by atoms with Crippen molar-refractivity contribution < 1.29 is 26.7 Å². The molecule has 27 heavy (non-hydrogen) atoms. The van der Waals surface area contributed by atoms with Crippen LogP contribution in [0.15, 0.2) is 18.2 Å². The van der Waals surface area contributed by atoms with Gasteiger partial charge in [0.25, 0.3) is 0 Å². The summed E-state index contributed by atoms with van der Waals surface area (Å²) in [6, 6.07) is 3.17. The van der Waals surface area contributed by atoms with Gasteiger partial charge in [-0.2, -0.15) is 13.2 Å². The lowest BCUT2D eigenvalue weighted by atomic mass is 10.1. The lowest BCUT2D eigenvalue weighted by Crippen LogP contribution is -2.53. The first-order chi connectivity index (χ1) is 12.6. The van der Waals surface area contributed by atoms with Crippen LogP contribution in [0.2, 0.25) is 0 Å². The first-order valence-corrected chi connectivity index (χ1v) is 11.1. The topological polar surface area (TPSA) is 73.7 Å². The molecular weight excluding hydrogens is 403 g/mol. The molecular formula is C16H18F3N3O3S2. The van der Waals surface area contributed by atoms with Crippen LogP contribution in [0.5, 0.6) is 0 Å². The molecule has 11 heteroatoms. The highest BCUT2D eigenvalue weighted by molar-refractivity contribution is 7.91. The first kappa shape index (κ1) is 18.9. The largest absolute Gasteiger partial charge is 0.416 e. The number of alkyl halides is 3. The summed E-state index contributed by atoms with van der Waals surface area (Å²) in [5.74, 6) is -0.229. The van der Waals surface area contributed by atoms with Gasteiger partial charge in [-0.1, -0.05) is 11.3 Å². The fraction of sp³-hybridized carbons (Fsp3) is 0.562. The SMILES string of the molecule is O=S1(=O)CC(O)C(N2CCN(c3nc4cc(C(F)(F)F)ccc4s3)CC2)C1. The summed E-state index contributed by atoms with van der Waals surface area (Å²) in [6.45, 7) is 2.30. The molecule has 0 bridgehead atoms. The second-order valence-electron chi connectivity index (χ2n) is 6.91. The average molecular weight is 421 g/mol. The smallest absolute Gasteiger partial charge is 0.390 e. The van der Waals surface area contributed by atoms with Crippen molar-refractivity contribution >= 4 is 36.5 Å². The number of sulfone groups is 1. The fourth-order valence-corrected chi connectivity index (χ4v) is 6.46. The van der Waals surface area contributed by atoms with Gasteiger partial charge in [-0.15, -0.1) is 0 Å². The fourth-order valence-electron chi connectivity index (χ4n) is 3.63. The van der Waals surface area contributed by atoms with E-state index in [1.165, 1.54) is 17.4 Å². The normalized spacial score (nSPS) is 26.7. The molecule has 0 radical (unpaired) electrons. The van der Waals surface area contributed by atoms with Crippen LogP contribution >= 0.6 is 11.3 Å². The molecule has 0 spiro atoms. The number of nitrogens with zero attached hydrogens (tertiary/aromatic N) is 3. The number of aliphatic hydroxyl groups is 1. The molecule has 0 amide bonds. The third-order valence-corrected chi connectivity index (χ3v) is 7.85. The molecule has 2 atom stereocenters.